The number of hydrogen-bond donors (Lipinski definition) is 1. The van der Waals surface area contributed by atoms with E-state index in [4.69, 9.17) is 5.73 Å². The van der Waals surface area contributed by atoms with Crippen molar-refractivity contribution >= 4 is 0 Å². The molecule has 0 aliphatic heterocycles. The lowest BCUT2D eigenvalue weighted by molar-refractivity contribution is -0.146. The van der Waals surface area contributed by atoms with E-state index >= 15 is 0 Å². The first-order valence-corrected chi connectivity index (χ1v) is 5.32. The van der Waals surface area contributed by atoms with Gasteiger partial charge in [-0.3, -0.25) is 0 Å². The molecule has 1 aromatic rings. The molecule has 1 rings (SSSR count). The molecule has 2 N–H and O–H groups in total. The quantitative estimate of drug-likeness (QED) is 0.785. The summed E-state index contributed by atoms with van der Waals surface area (Å²) in [5.74, 6) is 0. The minimum absolute atomic E-state index is 0.000764. The maximum absolute atomic E-state index is 12.7. The van der Waals surface area contributed by atoms with Crippen molar-refractivity contribution in [2.45, 2.75) is 31.0 Å². The van der Waals surface area contributed by atoms with Gasteiger partial charge in [0.15, 0.2) is 0 Å². The molecule has 1 nitrogen and oxygen atoms in total. The van der Waals surface area contributed by atoms with Gasteiger partial charge in [0.05, 0.1) is 17.5 Å². The average molecular weight is 325 g/mol. The first-order valence-electron chi connectivity index (χ1n) is 5.32. The van der Waals surface area contributed by atoms with E-state index in [1.165, 1.54) is 0 Å². The molecule has 0 aliphatic rings. The van der Waals surface area contributed by atoms with Crippen LogP contribution in [0, 0.1) is 0 Å². The highest BCUT2D eigenvalue weighted by molar-refractivity contribution is 5.37. The molecule has 0 aromatic heterocycles. The maximum atomic E-state index is 12.7. The molecule has 1 aromatic carbocycles. The maximum Gasteiger partial charge on any atom is 0.416 e. The van der Waals surface area contributed by atoms with Crippen molar-refractivity contribution in [1.29, 1.82) is 0 Å². The number of hydrogen-bond acceptors (Lipinski definition) is 1. The summed E-state index contributed by atoms with van der Waals surface area (Å²) in [6.07, 6.45) is -16.9. The zero-order valence-electron chi connectivity index (χ0n) is 10.00. The Hall–Kier alpha value is -1.45. The van der Waals surface area contributed by atoms with Gasteiger partial charge in [0.1, 0.15) is 0 Å². The molecular formula is C11H8F9N. The van der Waals surface area contributed by atoms with Crippen molar-refractivity contribution in [2.24, 2.45) is 5.73 Å². The summed E-state index contributed by atoms with van der Waals surface area (Å²) in [5, 5.41) is 0. The van der Waals surface area contributed by atoms with Crippen LogP contribution in [0.3, 0.4) is 0 Å². The van der Waals surface area contributed by atoms with Crippen LogP contribution in [0.1, 0.15) is 29.2 Å². The number of nitrogens with two attached hydrogens (primary N) is 1. The number of rotatable bonds is 2. The summed E-state index contributed by atoms with van der Waals surface area (Å²) < 4.78 is 112. The number of alkyl halides is 9. The molecule has 120 valence electrons. The molecule has 0 amide bonds. The van der Waals surface area contributed by atoms with E-state index in [1.807, 2.05) is 0 Å². The van der Waals surface area contributed by atoms with Crippen LogP contribution >= 0.6 is 0 Å². The third-order valence-electron chi connectivity index (χ3n) is 2.54. The van der Waals surface area contributed by atoms with Crippen LogP contribution in [0.5, 0.6) is 0 Å². The van der Waals surface area contributed by atoms with Crippen molar-refractivity contribution in [1.82, 2.24) is 0 Å². The van der Waals surface area contributed by atoms with Crippen LogP contribution in [0.15, 0.2) is 18.2 Å². The lowest BCUT2D eigenvalue weighted by Gasteiger charge is -2.21. The Morgan fingerprint density at radius 3 is 1.76 bits per heavy atom. The number of halogens is 9. The summed E-state index contributed by atoms with van der Waals surface area (Å²) in [6.45, 7) is 0. The van der Waals surface area contributed by atoms with Crippen molar-refractivity contribution in [3.63, 3.8) is 0 Å². The van der Waals surface area contributed by atoms with Crippen LogP contribution in [0.4, 0.5) is 39.5 Å². The Morgan fingerprint density at radius 1 is 0.857 bits per heavy atom. The highest BCUT2D eigenvalue weighted by atomic mass is 19.4. The predicted molar refractivity (Wildman–Crippen MR) is 54.0 cm³/mol. The zero-order chi connectivity index (χ0) is 16.6. The summed E-state index contributed by atoms with van der Waals surface area (Å²) in [6, 6.07) is -2.02. The molecular weight excluding hydrogens is 317 g/mol. The lowest BCUT2D eigenvalue weighted by Crippen LogP contribution is -2.24. The van der Waals surface area contributed by atoms with Gasteiger partial charge in [-0.1, -0.05) is 0 Å². The van der Waals surface area contributed by atoms with Crippen LogP contribution in [-0.4, -0.2) is 6.18 Å². The Kier molecular flexibility index (Phi) is 4.52. The predicted octanol–water partition coefficient (Wildman–Crippen LogP) is 4.68. The highest BCUT2D eigenvalue weighted by Crippen LogP contribution is 2.40. The second-order valence-electron chi connectivity index (χ2n) is 4.22. The Balaban J connectivity index is 3.36. The first kappa shape index (κ1) is 17.6. The fraction of sp³-hybridized carbons (Fsp3) is 0.455. The topological polar surface area (TPSA) is 26.0 Å². The average Bonchev–Trinajstić information content (AvgIpc) is 2.23. The molecule has 0 saturated heterocycles. The SMILES string of the molecule is N[C@H](CC(F)(F)F)c1cc(C(F)(F)F)ccc1C(F)(F)F. The third kappa shape index (κ3) is 4.80. The van der Waals surface area contributed by atoms with Gasteiger partial charge in [-0.25, -0.2) is 0 Å². The second kappa shape index (κ2) is 5.39. The number of benzene rings is 1. The fourth-order valence-electron chi connectivity index (χ4n) is 1.66. The van der Waals surface area contributed by atoms with Crippen LogP contribution < -0.4 is 5.73 Å². The van der Waals surface area contributed by atoms with Crippen LogP contribution in [0.2, 0.25) is 0 Å². The monoisotopic (exact) mass is 325 g/mol. The Labute approximate surface area is 112 Å². The standard InChI is InChI=1S/C11H8F9N/c12-9(13,14)4-8(21)6-3-5(10(15,16)17)1-2-7(6)11(18,19)20/h1-3,8H,4,21H2/t8-/m1/s1. The molecule has 0 saturated carbocycles. The molecule has 0 spiro atoms. The normalized spacial score (nSPS) is 15.1. The summed E-state index contributed by atoms with van der Waals surface area (Å²) in [4.78, 5) is 0. The molecule has 0 aliphatic carbocycles. The molecule has 10 heteroatoms. The van der Waals surface area contributed by atoms with E-state index in [-0.39, 0.29) is 18.2 Å². The van der Waals surface area contributed by atoms with Gasteiger partial charge in [-0.2, -0.15) is 39.5 Å². The molecule has 0 unspecified atom stereocenters. The second-order valence-corrected chi connectivity index (χ2v) is 4.22. The van der Waals surface area contributed by atoms with Gasteiger partial charge < -0.3 is 5.73 Å². The van der Waals surface area contributed by atoms with Gasteiger partial charge in [-0.05, 0) is 23.8 Å². The van der Waals surface area contributed by atoms with E-state index in [2.05, 4.69) is 0 Å². The zero-order valence-corrected chi connectivity index (χ0v) is 10.00. The molecule has 1 atom stereocenters. The van der Waals surface area contributed by atoms with Gasteiger partial charge >= 0.3 is 18.5 Å². The van der Waals surface area contributed by atoms with Crippen molar-refractivity contribution in [3.05, 3.63) is 34.9 Å². The van der Waals surface area contributed by atoms with E-state index < -0.39 is 47.7 Å². The van der Waals surface area contributed by atoms with Gasteiger partial charge in [0, 0.05) is 6.04 Å². The molecule has 0 radical (unpaired) electrons. The van der Waals surface area contributed by atoms with E-state index in [0.717, 1.165) is 0 Å². The molecule has 21 heavy (non-hydrogen) atoms. The molecule has 0 heterocycles. The third-order valence-corrected chi connectivity index (χ3v) is 2.54. The smallest absolute Gasteiger partial charge is 0.324 e. The minimum atomic E-state index is -5.11. The first-order chi connectivity index (χ1) is 9.22. The Bertz CT molecular complexity index is 498. The molecule has 0 fully saturated rings. The Morgan fingerprint density at radius 2 is 1.38 bits per heavy atom. The van der Waals surface area contributed by atoms with E-state index in [0.29, 0.717) is 0 Å². The van der Waals surface area contributed by atoms with Crippen LogP contribution in [-0.2, 0) is 12.4 Å². The fourth-order valence-corrected chi connectivity index (χ4v) is 1.66. The van der Waals surface area contributed by atoms with Crippen molar-refractivity contribution in [3.8, 4) is 0 Å². The lowest BCUT2D eigenvalue weighted by atomic mass is 9.95. The van der Waals surface area contributed by atoms with Gasteiger partial charge in [0.25, 0.3) is 0 Å². The summed E-state index contributed by atoms with van der Waals surface area (Å²) >= 11 is 0. The summed E-state index contributed by atoms with van der Waals surface area (Å²) in [7, 11) is 0. The van der Waals surface area contributed by atoms with E-state index in [1.54, 1.807) is 0 Å². The largest absolute Gasteiger partial charge is 0.416 e. The van der Waals surface area contributed by atoms with Gasteiger partial charge in [-0.15, -0.1) is 0 Å². The van der Waals surface area contributed by atoms with Crippen molar-refractivity contribution in [2.75, 3.05) is 0 Å². The van der Waals surface area contributed by atoms with Crippen molar-refractivity contribution < 1.29 is 39.5 Å². The van der Waals surface area contributed by atoms with Crippen LogP contribution in [0.25, 0.3) is 0 Å². The highest BCUT2D eigenvalue weighted by Gasteiger charge is 2.40. The minimum Gasteiger partial charge on any atom is -0.324 e. The van der Waals surface area contributed by atoms with E-state index in [9.17, 15) is 39.5 Å². The molecule has 0 bridgehead atoms. The van der Waals surface area contributed by atoms with Gasteiger partial charge in [0.2, 0.25) is 0 Å². The summed E-state index contributed by atoms with van der Waals surface area (Å²) in [5.41, 5.74) is 0.647.